The third kappa shape index (κ3) is 4.08. The van der Waals surface area contributed by atoms with Crippen molar-refractivity contribution >= 4 is 0 Å². The Labute approximate surface area is 123 Å². The molecule has 0 radical (unpaired) electrons. The molecular weight excluding hydrogens is 250 g/mol. The summed E-state index contributed by atoms with van der Waals surface area (Å²) in [5.41, 5.74) is 1.50. The zero-order valence-electron chi connectivity index (χ0n) is 13.4. The third-order valence-corrected chi connectivity index (χ3v) is 4.24. The molecule has 4 nitrogen and oxygen atoms in total. The van der Waals surface area contributed by atoms with Crippen LogP contribution in [-0.2, 0) is 13.1 Å². The van der Waals surface area contributed by atoms with E-state index in [0.717, 1.165) is 45.0 Å². The highest BCUT2D eigenvalue weighted by Gasteiger charge is 2.31. The van der Waals surface area contributed by atoms with Gasteiger partial charge in [0.1, 0.15) is 5.76 Å². The van der Waals surface area contributed by atoms with Gasteiger partial charge in [0.15, 0.2) is 0 Å². The van der Waals surface area contributed by atoms with E-state index in [0.29, 0.717) is 0 Å². The fourth-order valence-corrected chi connectivity index (χ4v) is 2.71. The molecule has 1 N–H and O–H groups in total. The van der Waals surface area contributed by atoms with Crippen LogP contribution in [0.2, 0.25) is 0 Å². The van der Waals surface area contributed by atoms with Crippen LogP contribution in [0.3, 0.4) is 0 Å². The lowest BCUT2D eigenvalue weighted by Crippen LogP contribution is -2.57. The number of likely N-dealkylation sites (N-methyl/N-ethyl adjacent to an activating group) is 1. The minimum Gasteiger partial charge on any atom is -0.468 e. The van der Waals surface area contributed by atoms with Crippen molar-refractivity contribution in [2.24, 2.45) is 0 Å². The van der Waals surface area contributed by atoms with Gasteiger partial charge in [0.25, 0.3) is 0 Å². The Morgan fingerprint density at radius 2 is 2.15 bits per heavy atom. The first-order chi connectivity index (χ1) is 9.51. The summed E-state index contributed by atoms with van der Waals surface area (Å²) in [6.45, 7) is 13.0. The van der Waals surface area contributed by atoms with Crippen molar-refractivity contribution in [3.63, 3.8) is 0 Å². The van der Waals surface area contributed by atoms with Gasteiger partial charge >= 0.3 is 0 Å². The molecule has 0 atom stereocenters. The molecule has 1 aromatic heterocycles. The first-order valence-electron chi connectivity index (χ1n) is 7.72. The van der Waals surface area contributed by atoms with Crippen molar-refractivity contribution in [2.45, 2.75) is 45.8 Å². The second-order valence-corrected chi connectivity index (χ2v) is 6.54. The van der Waals surface area contributed by atoms with Crippen molar-refractivity contribution in [3.8, 4) is 0 Å². The molecule has 0 bridgehead atoms. The summed E-state index contributed by atoms with van der Waals surface area (Å²) >= 11 is 0. The zero-order valence-corrected chi connectivity index (χ0v) is 13.4. The molecule has 20 heavy (non-hydrogen) atoms. The Morgan fingerprint density at radius 1 is 1.35 bits per heavy atom. The number of piperazine rings is 1. The van der Waals surface area contributed by atoms with E-state index in [2.05, 4.69) is 49.0 Å². The average Bonchev–Trinajstić information content (AvgIpc) is 2.82. The number of hydrogen-bond donors (Lipinski definition) is 1. The molecule has 114 valence electrons. The Balaban J connectivity index is 1.84. The van der Waals surface area contributed by atoms with Crippen molar-refractivity contribution in [2.75, 3.05) is 33.2 Å². The van der Waals surface area contributed by atoms with Crippen LogP contribution < -0.4 is 5.32 Å². The summed E-state index contributed by atoms with van der Waals surface area (Å²) in [6, 6.07) is 2.19. The summed E-state index contributed by atoms with van der Waals surface area (Å²) in [5, 5.41) is 3.41. The lowest BCUT2D eigenvalue weighted by atomic mass is 10.00. The maximum atomic E-state index is 5.70. The maximum Gasteiger partial charge on any atom is 0.118 e. The molecular formula is C16H29N3O. The van der Waals surface area contributed by atoms with Crippen molar-refractivity contribution in [1.82, 2.24) is 15.1 Å². The summed E-state index contributed by atoms with van der Waals surface area (Å²) in [5.74, 6) is 1.08. The summed E-state index contributed by atoms with van der Waals surface area (Å²) in [7, 11) is 2.21. The molecule has 0 aromatic carbocycles. The van der Waals surface area contributed by atoms with E-state index in [4.69, 9.17) is 4.42 Å². The lowest BCUT2D eigenvalue weighted by Gasteiger charge is -2.45. The second-order valence-electron chi connectivity index (χ2n) is 6.54. The van der Waals surface area contributed by atoms with Gasteiger partial charge in [-0.15, -0.1) is 0 Å². The standard InChI is InChI=1S/C16H29N3O/c1-5-6-17-10-14-9-15(20-12-14)11-19-8-7-18(4)16(2,3)13-19/h9,12,17H,5-8,10-11,13H2,1-4H3. The highest BCUT2D eigenvalue weighted by Crippen LogP contribution is 2.21. The maximum absolute atomic E-state index is 5.70. The van der Waals surface area contributed by atoms with Crippen LogP contribution in [0.1, 0.15) is 38.5 Å². The van der Waals surface area contributed by atoms with Gasteiger partial charge in [-0.1, -0.05) is 6.92 Å². The van der Waals surface area contributed by atoms with E-state index in [1.807, 2.05) is 6.26 Å². The average molecular weight is 279 g/mol. The van der Waals surface area contributed by atoms with Crippen LogP contribution in [0.4, 0.5) is 0 Å². The summed E-state index contributed by atoms with van der Waals surface area (Å²) in [6.07, 6.45) is 3.06. The minimum absolute atomic E-state index is 0.246. The van der Waals surface area contributed by atoms with E-state index in [1.54, 1.807) is 0 Å². The van der Waals surface area contributed by atoms with Gasteiger partial charge in [-0.25, -0.2) is 0 Å². The number of hydrogen-bond acceptors (Lipinski definition) is 4. The largest absolute Gasteiger partial charge is 0.468 e. The Morgan fingerprint density at radius 3 is 2.85 bits per heavy atom. The molecule has 1 aliphatic rings. The lowest BCUT2D eigenvalue weighted by molar-refractivity contribution is 0.0328. The van der Waals surface area contributed by atoms with Crippen LogP contribution in [0.15, 0.2) is 16.7 Å². The molecule has 2 rings (SSSR count). The molecule has 0 aliphatic carbocycles. The van der Waals surface area contributed by atoms with Crippen LogP contribution in [-0.4, -0.2) is 48.6 Å². The zero-order chi connectivity index (χ0) is 14.6. The van der Waals surface area contributed by atoms with Gasteiger partial charge < -0.3 is 9.73 Å². The minimum atomic E-state index is 0.246. The van der Waals surface area contributed by atoms with Crippen molar-refractivity contribution < 1.29 is 4.42 Å². The van der Waals surface area contributed by atoms with Gasteiger partial charge in [0.05, 0.1) is 12.8 Å². The third-order valence-electron chi connectivity index (χ3n) is 4.24. The molecule has 0 unspecified atom stereocenters. The molecule has 0 saturated carbocycles. The van der Waals surface area contributed by atoms with Crippen LogP contribution in [0, 0.1) is 0 Å². The predicted molar refractivity (Wildman–Crippen MR) is 82.7 cm³/mol. The molecule has 1 fully saturated rings. The monoisotopic (exact) mass is 279 g/mol. The van der Waals surface area contributed by atoms with E-state index in [9.17, 15) is 0 Å². The molecule has 0 amide bonds. The van der Waals surface area contributed by atoms with Gasteiger partial charge in [0.2, 0.25) is 0 Å². The fourth-order valence-electron chi connectivity index (χ4n) is 2.71. The molecule has 4 heteroatoms. The molecule has 1 aromatic rings. The topological polar surface area (TPSA) is 31.7 Å². The van der Waals surface area contributed by atoms with Crippen LogP contribution in [0.25, 0.3) is 0 Å². The van der Waals surface area contributed by atoms with E-state index < -0.39 is 0 Å². The van der Waals surface area contributed by atoms with Gasteiger partial charge in [0, 0.05) is 37.3 Å². The molecule has 1 aliphatic heterocycles. The predicted octanol–water partition coefficient (Wildman–Crippen LogP) is 2.31. The smallest absolute Gasteiger partial charge is 0.118 e. The van der Waals surface area contributed by atoms with Crippen molar-refractivity contribution in [3.05, 3.63) is 23.7 Å². The SMILES string of the molecule is CCCNCc1coc(CN2CCN(C)C(C)(C)C2)c1. The number of furan rings is 1. The van der Waals surface area contributed by atoms with Crippen LogP contribution in [0.5, 0.6) is 0 Å². The molecule has 2 heterocycles. The van der Waals surface area contributed by atoms with Crippen LogP contribution >= 0.6 is 0 Å². The van der Waals surface area contributed by atoms with E-state index in [-0.39, 0.29) is 5.54 Å². The Kier molecular flexibility index (Phi) is 5.24. The number of nitrogens with one attached hydrogen (secondary N) is 1. The number of nitrogens with zero attached hydrogens (tertiary/aromatic N) is 2. The highest BCUT2D eigenvalue weighted by molar-refractivity contribution is 5.13. The Hall–Kier alpha value is -0.840. The highest BCUT2D eigenvalue weighted by atomic mass is 16.3. The molecule has 1 saturated heterocycles. The normalized spacial score (nSPS) is 20.4. The molecule has 0 spiro atoms. The Bertz CT molecular complexity index is 414. The second kappa shape index (κ2) is 6.74. The van der Waals surface area contributed by atoms with E-state index >= 15 is 0 Å². The van der Waals surface area contributed by atoms with Gasteiger partial charge in [-0.2, -0.15) is 0 Å². The summed E-state index contributed by atoms with van der Waals surface area (Å²) in [4.78, 5) is 4.92. The van der Waals surface area contributed by atoms with Gasteiger partial charge in [-0.3, -0.25) is 9.80 Å². The summed E-state index contributed by atoms with van der Waals surface area (Å²) < 4.78 is 5.70. The first kappa shape index (κ1) is 15.5. The van der Waals surface area contributed by atoms with Crippen molar-refractivity contribution in [1.29, 1.82) is 0 Å². The van der Waals surface area contributed by atoms with Gasteiger partial charge in [-0.05, 0) is 39.9 Å². The fraction of sp³-hybridized carbons (Fsp3) is 0.750. The quantitative estimate of drug-likeness (QED) is 0.810. The van der Waals surface area contributed by atoms with E-state index in [1.165, 1.54) is 12.0 Å². The number of rotatable bonds is 6. The first-order valence-corrected chi connectivity index (χ1v) is 7.72.